The molecule has 23 heavy (non-hydrogen) atoms. The van der Waals surface area contributed by atoms with Crippen molar-refractivity contribution in [2.75, 3.05) is 32.7 Å². The van der Waals surface area contributed by atoms with Crippen molar-refractivity contribution in [1.82, 2.24) is 15.1 Å². The average Bonchev–Trinajstić information content (AvgIpc) is 2.55. The summed E-state index contributed by atoms with van der Waals surface area (Å²) in [6, 6.07) is 9.35. The lowest BCUT2D eigenvalue weighted by Gasteiger charge is -2.35. The third kappa shape index (κ3) is 5.79. The first-order valence-corrected chi connectivity index (χ1v) is 8.29. The zero-order chi connectivity index (χ0) is 16.7. The number of rotatable bonds is 4. The summed E-state index contributed by atoms with van der Waals surface area (Å²) in [5.74, 6) is -0.121. The van der Waals surface area contributed by atoms with Crippen molar-refractivity contribution in [3.63, 3.8) is 0 Å². The second-order valence-electron chi connectivity index (χ2n) is 5.39. The molecular weight excluding hydrogens is 332 g/mol. The number of thiocarbonyl (C=S) groups is 1. The van der Waals surface area contributed by atoms with Crippen LogP contribution < -0.4 is 5.32 Å². The van der Waals surface area contributed by atoms with Crippen LogP contribution in [-0.2, 0) is 11.2 Å². The van der Waals surface area contributed by atoms with Crippen LogP contribution in [-0.4, -0.2) is 53.5 Å². The zero-order valence-electron chi connectivity index (χ0n) is 12.8. The topological polar surface area (TPSA) is 59.4 Å². The quantitative estimate of drug-likeness (QED) is 0.839. The largest absolute Gasteiger partial charge is 0.346 e. The molecule has 0 radical (unpaired) electrons. The molecule has 1 heterocycles. The highest BCUT2D eigenvalue weighted by Crippen LogP contribution is 2.10. The number of piperazine rings is 1. The molecule has 7 heteroatoms. The maximum Gasteiger partial charge on any atom is 0.230 e. The molecule has 0 aromatic heterocycles. The van der Waals surface area contributed by atoms with Crippen LogP contribution in [0.1, 0.15) is 12.0 Å². The summed E-state index contributed by atoms with van der Waals surface area (Å²) in [5.41, 5.74) is 0.899. The molecule has 0 bridgehead atoms. The van der Waals surface area contributed by atoms with Crippen LogP contribution in [0.2, 0.25) is 5.02 Å². The van der Waals surface area contributed by atoms with Crippen LogP contribution in [0.4, 0.5) is 0 Å². The number of nitriles is 1. The number of amides is 1. The first-order valence-electron chi connectivity index (χ1n) is 7.51. The van der Waals surface area contributed by atoms with E-state index in [4.69, 9.17) is 29.1 Å². The van der Waals surface area contributed by atoms with E-state index in [-0.39, 0.29) is 12.3 Å². The van der Waals surface area contributed by atoms with Crippen LogP contribution in [0, 0.1) is 11.3 Å². The molecule has 0 atom stereocenters. The highest BCUT2D eigenvalue weighted by atomic mass is 35.5. The molecule has 0 spiro atoms. The predicted molar refractivity (Wildman–Crippen MR) is 94.1 cm³/mol. The molecule has 1 aromatic carbocycles. The molecule has 1 saturated heterocycles. The number of nitrogens with zero attached hydrogens (tertiary/aromatic N) is 3. The maximum atomic E-state index is 12.1. The second-order valence-corrected chi connectivity index (χ2v) is 6.22. The van der Waals surface area contributed by atoms with E-state index >= 15 is 0 Å². The molecule has 1 aromatic rings. The van der Waals surface area contributed by atoms with E-state index in [0.29, 0.717) is 16.6 Å². The molecule has 0 unspecified atom stereocenters. The summed E-state index contributed by atoms with van der Waals surface area (Å²) in [6.07, 6.45) is 0.821. The number of carbonyl (C=O) groups is 1. The first kappa shape index (κ1) is 17.7. The Hall–Kier alpha value is -1.68. The smallest absolute Gasteiger partial charge is 0.230 e. The number of halogens is 1. The van der Waals surface area contributed by atoms with Crippen LogP contribution >= 0.6 is 23.8 Å². The van der Waals surface area contributed by atoms with Gasteiger partial charge in [0.2, 0.25) is 5.91 Å². The van der Waals surface area contributed by atoms with Gasteiger partial charge in [0.1, 0.15) is 0 Å². The molecule has 122 valence electrons. The van der Waals surface area contributed by atoms with Gasteiger partial charge in [-0.3, -0.25) is 9.69 Å². The molecular formula is C16H19ClN4OS. The van der Waals surface area contributed by atoms with Gasteiger partial charge in [0.25, 0.3) is 0 Å². The number of carbonyl (C=O) groups excluding carboxylic acids is 1. The standard InChI is InChI=1S/C16H19ClN4OS/c17-14-4-2-13(3-5-14)12-15(22)19-16(23)21-10-8-20(9-11-21)7-1-6-18/h2-5H,1,7-12H2,(H,19,22,23). The van der Waals surface area contributed by atoms with Crippen molar-refractivity contribution < 1.29 is 4.79 Å². The van der Waals surface area contributed by atoms with E-state index in [0.717, 1.165) is 38.3 Å². The number of benzene rings is 1. The van der Waals surface area contributed by atoms with Gasteiger partial charge in [0.05, 0.1) is 12.5 Å². The second kappa shape index (κ2) is 8.82. The third-order valence-corrected chi connectivity index (χ3v) is 4.34. The Balaban J connectivity index is 1.75. The van der Waals surface area contributed by atoms with E-state index in [9.17, 15) is 4.79 Å². The van der Waals surface area contributed by atoms with E-state index in [1.807, 2.05) is 17.0 Å². The molecule has 1 aliphatic heterocycles. The molecule has 0 aliphatic carbocycles. The lowest BCUT2D eigenvalue weighted by molar-refractivity contribution is -0.119. The van der Waals surface area contributed by atoms with Crippen LogP contribution in [0.15, 0.2) is 24.3 Å². The van der Waals surface area contributed by atoms with Gasteiger partial charge in [0, 0.05) is 44.2 Å². The Kier molecular flexibility index (Phi) is 6.78. The van der Waals surface area contributed by atoms with Gasteiger partial charge < -0.3 is 10.2 Å². The van der Waals surface area contributed by atoms with E-state index < -0.39 is 0 Å². The Bertz CT molecular complexity index is 591. The van der Waals surface area contributed by atoms with Gasteiger partial charge in [-0.25, -0.2) is 0 Å². The molecule has 5 nitrogen and oxygen atoms in total. The van der Waals surface area contributed by atoms with Crippen molar-refractivity contribution in [3.05, 3.63) is 34.9 Å². The first-order chi connectivity index (χ1) is 11.1. The van der Waals surface area contributed by atoms with Gasteiger partial charge in [0.15, 0.2) is 5.11 Å². The van der Waals surface area contributed by atoms with E-state index in [1.165, 1.54) is 0 Å². The predicted octanol–water partition coefficient (Wildman–Crippen LogP) is 1.81. The van der Waals surface area contributed by atoms with Crippen LogP contribution in [0.3, 0.4) is 0 Å². The normalized spacial score (nSPS) is 15.0. The maximum absolute atomic E-state index is 12.1. The van der Waals surface area contributed by atoms with Crippen molar-refractivity contribution in [1.29, 1.82) is 5.26 Å². The fourth-order valence-electron chi connectivity index (χ4n) is 2.41. The fraction of sp³-hybridized carbons (Fsp3) is 0.438. The van der Waals surface area contributed by atoms with Gasteiger partial charge in [-0.1, -0.05) is 23.7 Å². The van der Waals surface area contributed by atoms with Crippen molar-refractivity contribution in [2.45, 2.75) is 12.8 Å². The summed E-state index contributed by atoms with van der Waals surface area (Å²) in [6.45, 7) is 4.04. The summed E-state index contributed by atoms with van der Waals surface area (Å²) in [5, 5.41) is 12.5. The zero-order valence-corrected chi connectivity index (χ0v) is 14.4. The van der Waals surface area contributed by atoms with Gasteiger partial charge in [-0.15, -0.1) is 0 Å². The summed E-state index contributed by atoms with van der Waals surface area (Å²) in [4.78, 5) is 16.3. The highest BCUT2D eigenvalue weighted by molar-refractivity contribution is 7.80. The van der Waals surface area contributed by atoms with Gasteiger partial charge >= 0.3 is 0 Å². The number of hydrogen-bond donors (Lipinski definition) is 1. The summed E-state index contributed by atoms with van der Waals surface area (Å²) >= 11 is 11.1. The number of nitrogens with one attached hydrogen (secondary N) is 1. The lowest BCUT2D eigenvalue weighted by Crippen LogP contribution is -2.52. The van der Waals surface area contributed by atoms with Crippen molar-refractivity contribution in [2.24, 2.45) is 0 Å². The van der Waals surface area contributed by atoms with Crippen molar-refractivity contribution >= 4 is 34.8 Å². The molecule has 1 fully saturated rings. The fourth-order valence-corrected chi connectivity index (χ4v) is 2.84. The molecule has 1 aliphatic rings. The number of hydrogen-bond acceptors (Lipinski definition) is 4. The average molecular weight is 351 g/mol. The molecule has 1 N–H and O–H groups in total. The van der Waals surface area contributed by atoms with Gasteiger partial charge in [-0.2, -0.15) is 5.26 Å². The van der Waals surface area contributed by atoms with E-state index in [2.05, 4.69) is 16.3 Å². The lowest BCUT2D eigenvalue weighted by atomic mass is 10.1. The van der Waals surface area contributed by atoms with E-state index in [1.54, 1.807) is 12.1 Å². The Morgan fingerprint density at radius 1 is 1.26 bits per heavy atom. The molecule has 0 saturated carbocycles. The van der Waals surface area contributed by atoms with Crippen LogP contribution in [0.25, 0.3) is 0 Å². The Morgan fingerprint density at radius 3 is 2.52 bits per heavy atom. The minimum atomic E-state index is -0.121. The van der Waals surface area contributed by atoms with Crippen LogP contribution in [0.5, 0.6) is 0 Å². The molecule has 2 rings (SSSR count). The Labute approximate surface area is 146 Å². The minimum Gasteiger partial charge on any atom is -0.346 e. The summed E-state index contributed by atoms with van der Waals surface area (Å²) < 4.78 is 0. The SMILES string of the molecule is N#CCCN1CCN(C(=S)NC(=O)Cc2ccc(Cl)cc2)CC1. The molecule has 1 amide bonds. The minimum absolute atomic E-state index is 0.121. The van der Waals surface area contributed by atoms with Gasteiger partial charge in [-0.05, 0) is 29.9 Å². The summed E-state index contributed by atoms with van der Waals surface area (Å²) in [7, 11) is 0. The van der Waals surface area contributed by atoms with Crippen molar-refractivity contribution in [3.8, 4) is 6.07 Å². The third-order valence-electron chi connectivity index (χ3n) is 3.72. The Morgan fingerprint density at radius 2 is 1.91 bits per heavy atom. The highest BCUT2D eigenvalue weighted by Gasteiger charge is 2.19. The monoisotopic (exact) mass is 350 g/mol.